The Morgan fingerprint density at radius 2 is 2.44 bits per heavy atom. The molecule has 2 heterocycles. The molecule has 0 aliphatic carbocycles. The minimum atomic E-state index is -0.483. The fourth-order valence-electron chi connectivity index (χ4n) is 1.96. The lowest BCUT2D eigenvalue weighted by atomic mass is 10.1. The van der Waals surface area contributed by atoms with Gasteiger partial charge in [-0.05, 0) is 7.05 Å². The highest BCUT2D eigenvalue weighted by molar-refractivity contribution is 4.95. The van der Waals surface area contributed by atoms with Crippen LogP contribution in [0.4, 0.5) is 0 Å². The summed E-state index contributed by atoms with van der Waals surface area (Å²) in [5, 5.41) is 10.1. The lowest BCUT2D eigenvalue weighted by molar-refractivity contribution is -0.0829. The topological polar surface area (TPSA) is 50.5 Å². The van der Waals surface area contributed by atoms with Crippen molar-refractivity contribution in [2.24, 2.45) is 7.05 Å². The molecule has 1 aromatic heterocycles. The maximum absolute atomic E-state index is 10.1. The van der Waals surface area contributed by atoms with Crippen molar-refractivity contribution in [2.75, 3.05) is 26.7 Å². The highest BCUT2D eigenvalue weighted by Crippen LogP contribution is 2.11. The summed E-state index contributed by atoms with van der Waals surface area (Å²) in [7, 11) is 3.98. The number of aryl methyl sites for hydroxylation is 1. The van der Waals surface area contributed by atoms with Gasteiger partial charge in [0.25, 0.3) is 0 Å². The van der Waals surface area contributed by atoms with Gasteiger partial charge in [-0.1, -0.05) is 0 Å². The van der Waals surface area contributed by atoms with Gasteiger partial charge in [-0.3, -0.25) is 0 Å². The average Bonchev–Trinajstić information content (AvgIpc) is 2.64. The van der Waals surface area contributed by atoms with E-state index in [1.165, 1.54) is 0 Å². The molecule has 1 saturated heterocycles. The van der Waals surface area contributed by atoms with Gasteiger partial charge in [-0.15, -0.1) is 0 Å². The number of ether oxygens (including phenoxy) is 1. The molecule has 1 aromatic rings. The van der Waals surface area contributed by atoms with Crippen LogP contribution >= 0.6 is 0 Å². The molecular formula is C11H19N3O2. The van der Waals surface area contributed by atoms with Gasteiger partial charge in [0.1, 0.15) is 5.82 Å². The lowest BCUT2D eigenvalue weighted by Crippen LogP contribution is -2.46. The Bertz CT molecular complexity index is 340. The van der Waals surface area contributed by atoms with E-state index in [4.69, 9.17) is 4.74 Å². The van der Waals surface area contributed by atoms with Crippen molar-refractivity contribution in [3.05, 3.63) is 18.2 Å². The Morgan fingerprint density at radius 3 is 3.06 bits per heavy atom. The largest absolute Gasteiger partial charge is 0.390 e. The summed E-state index contributed by atoms with van der Waals surface area (Å²) in [6, 6.07) is 0. The van der Waals surface area contributed by atoms with E-state index in [1.807, 2.05) is 24.9 Å². The number of hydrogen-bond donors (Lipinski definition) is 1. The standard InChI is InChI=1S/C11H19N3O2/c1-13-5-6-16-10(8-13)9(15)7-11-12-3-4-14(11)2/h3-4,9-10,15H,5-8H2,1-2H3. The van der Waals surface area contributed by atoms with Crippen LogP contribution in [0.1, 0.15) is 5.82 Å². The molecule has 0 radical (unpaired) electrons. The van der Waals surface area contributed by atoms with Crippen molar-refractivity contribution in [1.82, 2.24) is 14.5 Å². The number of aliphatic hydroxyl groups is 1. The third-order valence-corrected chi connectivity index (χ3v) is 3.04. The summed E-state index contributed by atoms with van der Waals surface area (Å²) in [5.41, 5.74) is 0. The fourth-order valence-corrected chi connectivity index (χ4v) is 1.96. The van der Waals surface area contributed by atoms with Gasteiger partial charge >= 0.3 is 0 Å². The molecule has 90 valence electrons. The third kappa shape index (κ3) is 2.61. The normalized spacial score (nSPS) is 24.6. The second-order valence-electron chi connectivity index (χ2n) is 4.40. The minimum absolute atomic E-state index is 0.101. The first-order valence-electron chi connectivity index (χ1n) is 5.61. The number of aromatic nitrogens is 2. The highest BCUT2D eigenvalue weighted by Gasteiger charge is 2.26. The minimum Gasteiger partial charge on any atom is -0.390 e. The van der Waals surface area contributed by atoms with Crippen LogP contribution in [0.15, 0.2) is 12.4 Å². The molecular weight excluding hydrogens is 206 g/mol. The molecule has 5 nitrogen and oxygen atoms in total. The van der Waals surface area contributed by atoms with Gasteiger partial charge in [0, 0.05) is 39.0 Å². The van der Waals surface area contributed by atoms with Gasteiger partial charge in [-0.25, -0.2) is 4.98 Å². The van der Waals surface area contributed by atoms with E-state index in [2.05, 4.69) is 9.88 Å². The number of nitrogens with zero attached hydrogens (tertiary/aromatic N) is 3. The van der Waals surface area contributed by atoms with Crippen LogP contribution < -0.4 is 0 Å². The maximum Gasteiger partial charge on any atom is 0.111 e. The number of aliphatic hydroxyl groups excluding tert-OH is 1. The Kier molecular flexibility index (Phi) is 3.58. The van der Waals surface area contributed by atoms with Gasteiger partial charge in [0.2, 0.25) is 0 Å². The lowest BCUT2D eigenvalue weighted by Gasteiger charge is -2.32. The first kappa shape index (κ1) is 11.6. The van der Waals surface area contributed by atoms with Gasteiger partial charge in [0.15, 0.2) is 0 Å². The molecule has 0 bridgehead atoms. The van der Waals surface area contributed by atoms with Gasteiger partial charge < -0.3 is 19.3 Å². The van der Waals surface area contributed by atoms with E-state index in [0.29, 0.717) is 13.0 Å². The highest BCUT2D eigenvalue weighted by atomic mass is 16.5. The van der Waals surface area contributed by atoms with Crippen LogP contribution in [0.25, 0.3) is 0 Å². The zero-order valence-corrected chi connectivity index (χ0v) is 9.83. The number of rotatable bonds is 3. The van der Waals surface area contributed by atoms with E-state index < -0.39 is 6.10 Å². The van der Waals surface area contributed by atoms with Crippen molar-refractivity contribution < 1.29 is 9.84 Å². The second-order valence-corrected chi connectivity index (χ2v) is 4.40. The number of imidazole rings is 1. The number of likely N-dealkylation sites (N-methyl/N-ethyl adjacent to an activating group) is 1. The van der Waals surface area contributed by atoms with Gasteiger partial charge in [0.05, 0.1) is 18.8 Å². The first-order valence-corrected chi connectivity index (χ1v) is 5.61. The zero-order chi connectivity index (χ0) is 11.5. The van der Waals surface area contributed by atoms with Gasteiger partial charge in [-0.2, -0.15) is 0 Å². The quantitative estimate of drug-likeness (QED) is 0.764. The maximum atomic E-state index is 10.1. The van der Waals surface area contributed by atoms with Crippen LogP contribution in [0, 0.1) is 0 Å². The Morgan fingerprint density at radius 1 is 1.62 bits per heavy atom. The molecule has 0 aromatic carbocycles. The summed E-state index contributed by atoms with van der Waals surface area (Å²) in [6.07, 6.45) is 3.59. The van der Waals surface area contributed by atoms with Crippen LogP contribution in [0.2, 0.25) is 0 Å². The molecule has 0 amide bonds. The molecule has 2 rings (SSSR count). The van der Waals surface area contributed by atoms with Crippen molar-refractivity contribution in [2.45, 2.75) is 18.6 Å². The molecule has 1 fully saturated rings. The average molecular weight is 225 g/mol. The second kappa shape index (κ2) is 4.95. The van der Waals surface area contributed by atoms with Crippen molar-refractivity contribution in [3.8, 4) is 0 Å². The number of morpholine rings is 1. The molecule has 0 saturated carbocycles. The smallest absolute Gasteiger partial charge is 0.111 e. The number of hydrogen-bond acceptors (Lipinski definition) is 4. The van der Waals surface area contributed by atoms with E-state index in [1.54, 1.807) is 6.20 Å². The molecule has 1 N–H and O–H groups in total. The Hall–Kier alpha value is -0.910. The molecule has 2 unspecified atom stereocenters. The SMILES string of the molecule is CN1CCOC(C(O)Cc2nccn2C)C1. The Balaban J connectivity index is 1.92. The van der Waals surface area contributed by atoms with Crippen LogP contribution in [-0.4, -0.2) is 58.5 Å². The summed E-state index contributed by atoms with van der Waals surface area (Å²) in [4.78, 5) is 6.38. The summed E-state index contributed by atoms with van der Waals surface area (Å²) in [5.74, 6) is 0.893. The molecule has 5 heteroatoms. The monoisotopic (exact) mass is 225 g/mol. The fraction of sp³-hybridized carbons (Fsp3) is 0.727. The summed E-state index contributed by atoms with van der Waals surface area (Å²) in [6.45, 7) is 2.41. The third-order valence-electron chi connectivity index (χ3n) is 3.04. The van der Waals surface area contributed by atoms with E-state index in [-0.39, 0.29) is 6.10 Å². The van der Waals surface area contributed by atoms with Crippen molar-refractivity contribution >= 4 is 0 Å². The summed E-state index contributed by atoms with van der Waals surface area (Å²) < 4.78 is 7.50. The first-order chi connectivity index (χ1) is 7.66. The van der Waals surface area contributed by atoms with E-state index >= 15 is 0 Å². The molecule has 2 atom stereocenters. The molecule has 1 aliphatic rings. The van der Waals surface area contributed by atoms with E-state index in [0.717, 1.165) is 18.9 Å². The predicted molar refractivity (Wildman–Crippen MR) is 60.2 cm³/mol. The predicted octanol–water partition coefficient (Wildman–Crippen LogP) is -0.346. The van der Waals surface area contributed by atoms with Crippen molar-refractivity contribution in [3.63, 3.8) is 0 Å². The van der Waals surface area contributed by atoms with Crippen molar-refractivity contribution in [1.29, 1.82) is 0 Å². The Labute approximate surface area is 95.7 Å². The van der Waals surface area contributed by atoms with Crippen LogP contribution in [0.3, 0.4) is 0 Å². The molecule has 16 heavy (non-hydrogen) atoms. The van der Waals surface area contributed by atoms with E-state index in [9.17, 15) is 5.11 Å². The summed E-state index contributed by atoms with van der Waals surface area (Å²) >= 11 is 0. The van der Waals surface area contributed by atoms with Crippen LogP contribution in [-0.2, 0) is 18.2 Å². The zero-order valence-electron chi connectivity index (χ0n) is 9.83. The van der Waals surface area contributed by atoms with Crippen LogP contribution in [0.5, 0.6) is 0 Å². The molecule has 0 spiro atoms. The molecule has 1 aliphatic heterocycles.